The summed E-state index contributed by atoms with van der Waals surface area (Å²) in [5.41, 5.74) is 1.64. The van der Waals surface area contributed by atoms with Crippen molar-refractivity contribution >= 4 is 11.8 Å². The highest BCUT2D eigenvalue weighted by atomic mass is 16.5. The van der Waals surface area contributed by atoms with Crippen molar-refractivity contribution in [3.05, 3.63) is 41.2 Å². The van der Waals surface area contributed by atoms with Crippen LogP contribution in [0.25, 0.3) is 0 Å². The van der Waals surface area contributed by atoms with Crippen molar-refractivity contribution in [1.82, 2.24) is 20.0 Å². The molecule has 162 valence electrons. The van der Waals surface area contributed by atoms with Gasteiger partial charge in [-0.05, 0) is 24.1 Å². The molecular formula is C22H30N4O4. The fourth-order valence-corrected chi connectivity index (χ4v) is 3.52. The van der Waals surface area contributed by atoms with E-state index in [2.05, 4.69) is 17.3 Å². The molecule has 0 radical (unpaired) electrons. The molecule has 8 nitrogen and oxygen atoms in total. The number of ether oxygens (including phenoxy) is 2. The second-order valence-corrected chi connectivity index (χ2v) is 7.40. The van der Waals surface area contributed by atoms with Crippen molar-refractivity contribution < 1.29 is 19.1 Å². The topological polar surface area (TPSA) is 85.7 Å². The van der Waals surface area contributed by atoms with Crippen LogP contribution in [-0.4, -0.2) is 53.8 Å². The molecule has 8 heteroatoms. The second-order valence-electron chi connectivity index (χ2n) is 7.40. The number of rotatable bonds is 10. The first kappa shape index (κ1) is 21.7. The Morgan fingerprint density at radius 1 is 1.07 bits per heavy atom. The highest BCUT2D eigenvalue weighted by Crippen LogP contribution is 2.25. The summed E-state index contributed by atoms with van der Waals surface area (Å²) in [5.74, 6) is 0.983. The van der Waals surface area contributed by atoms with Crippen molar-refractivity contribution in [2.45, 2.75) is 45.7 Å². The van der Waals surface area contributed by atoms with Gasteiger partial charge in [0, 0.05) is 31.8 Å². The third-order valence-corrected chi connectivity index (χ3v) is 5.20. The zero-order valence-electron chi connectivity index (χ0n) is 17.9. The lowest BCUT2D eigenvalue weighted by atomic mass is 10.1. The van der Waals surface area contributed by atoms with Crippen molar-refractivity contribution in [2.24, 2.45) is 0 Å². The number of hydrogen-bond donors (Lipinski definition) is 1. The smallest absolute Gasteiger partial charge is 0.272 e. The van der Waals surface area contributed by atoms with E-state index in [1.165, 1.54) is 0 Å². The molecule has 1 aliphatic rings. The molecule has 0 bridgehead atoms. The molecule has 0 atom stereocenters. The molecule has 30 heavy (non-hydrogen) atoms. The molecule has 0 saturated carbocycles. The van der Waals surface area contributed by atoms with Gasteiger partial charge in [-0.1, -0.05) is 26.2 Å². The Morgan fingerprint density at radius 2 is 1.80 bits per heavy atom. The van der Waals surface area contributed by atoms with Crippen molar-refractivity contribution in [2.75, 3.05) is 27.3 Å². The van der Waals surface area contributed by atoms with Gasteiger partial charge < -0.3 is 19.7 Å². The third kappa shape index (κ3) is 5.11. The third-order valence-electron chi connectivity index (χ3n) is 5.20. The number of hydrogen-bond acceptors (Lipinski definition) is 5. The second kappa shape index (κ2) is 10.1. The minimum Gasteiger partial charge on any atom is -0.497 e. The standard InChI is InChI=1S/C22H30N4O4/c1-4-5-6-7-8-23-21(27)19-14-20-22(28)25(9-10-26(20)24-19)15-16-11-17(29-2)13-18(12-16)30-3/h11-14H,4-10,15H2,1-3H3,(H,23,27). The van der Waals surface area contributed by atoms with Gasteiger partial charge in [-0.15, -0.1) is 0 Å². The number of nitrogens with one attached hydrogen (secondary N) is 1. The molecule has 0 spiro atoms. The van der Waals surface area contributed by atoms with Gasteiger partial charge in [-0.2, -0.15) is 5.10 Å². The van der Waals surface area contributed by atoms with E-state index in [4.69, 9.17) is 9.47 Å². The highest BCUT2D eigenvalue weighted by molar-refractivity contribution is 5.98. The van der Waals surface area contributed by atoms with Gasteiger partial charge in [-0.3, -0.25) is 14.3 Å². The molecule has 1 aromatic carbocycles. The maximum Gasteiger partial charge on any atom is 0.272 e. The molecule has 2 aromatic rings. The van der Waals surface area contributed by atoms with Crippen LogP contribution in [0.5, 0.6) is 11.5 Å². The maximum atomic E-state index is 13.0. The van der Waals surface area contributed by atoms with Gasteiger partial charge >= 0.3 is 0 Å². The van der Waals surface area contributed by atoms with Crippen molar-refractivity contribution in [1.29, 1.82) is 0 Å². The fourth-order valence-electron chi connectivity index (χ4n) is 3.52. The first-order chi connectivity index (χ1) is 14.5. The number of benzene rings is 1. The molecule has 0 saturated heterocycles. The van der Waals surface area contributed by atoms with Crippen LogP contribution in [0.2, 0.25) is 0 Å². The number of carbonyl (C=O) groups excluding carboxylic acids is 2. The number of nitrogens with zero attached hydrogens (tertiary/aromatic N) is 3. The average molecular weight is 415 g/mol. The van der Waals surface area contributed by atoms with Gasteiger partial charge in [0.1, 0.15) is 17.2 Å². The lowest BCUT2D eigenvalue weighted by molar-refractivity contribution is 0.0682. The SMILES string of the molecule is CCCCCCNC(=O)c1cc2n(n1)CCN(Cc1cc(OC)cc(OC)c1)C2=O. The zero-order chi connectivity index (χ0) is 21.5. The van der Waals surface area contributed by atoms with E-state index in [9.17, 15) is 9.59 Å². The molecule has 1 aromatic heterocycles. The summed E-state index contributed by atoms with van der Waals surface area (Å²) in [4.78, 5) is 27.1. The average Bonchev–Trinajstić information content (AvgIpc) is 3.20. The minimum absolute atomic E-state index is 0.141. The lowest BCUT2D eigenvalue weighted by Gasteiger charge is -2.27. The molecule has 0 fully saturated rings. The number of methoxy groups -OCH3 is 2. The number of amides is 2. The van der Waals surface area contributed by atoms with E-state index in [-0.39, 0.29) is 11.8 Å². The first-order valence-corrected chi connectivity index (χ1v) is 10.4. The van der Waals surface area contributed by atoms with Crippen molar-refractivity contribution in [3.63, 3.8) is 0 Å². The summed E-state index contributed by atoms with van der Waals surface area (Å²) < 4.78 is 12.2. The van der Waals surface area contributed by atoms with E-state index in [0.717, 1.165) is 31.2 Å². The number of unbranched alkanes of at least 4 members (excludes halogenated alkanes) is 3. The molecule has 2 heterocycles. The molecule has 0 aliphatic carbocycles. The Hall–Kier alpha value is -3.03. The normalized spacial score (nSPS) is 13.2. The summed E-state index contributed by atoms with van der Waals surface area (Å²) in [7, 11) is 3.19. The zero-order valence-corrected chi connectivity index (χ0v) is 17.9. The molecule has 2 amide bonds. The summed E-state index contributed by atoms with van der Waals surface area (Å²) in [6.07, 6.45) is 4.36. The summed E-state index contributed by atoms with van der Waals surface area (Å²) in [6.45, 7) is 4.27. The Labute approximate surface area is 177 Å². The van der Waals surface area contributed by atoms with Crippen molar-refractivity contribution in [3.8, 4) is 11.5 Å². The molecule has 1 aliphatic heterocycles. The van der Waals surface area contributed by atoms with E-state index in [1.54, 1.807) is 35.9 Å². The lowest BCUT2D eigenvalue weighted by Crippen LogP contribution is -2.39. The van der Waals surface area contributed by atoms with Crippen LogP contribution in [0, 0.1) is 0 Å². The quantitative estimate of drug-likeness (QED) is 0.604. The Morgan fingerprint density at radius 3 is 2.47 bits per heavy atom. The summed E-state index contributed by atoms with van der Waals surface area (Å²) >= 11 is 0. The Balaban J connectivity index is 1.65. The van der Waals surface area contributed by atoms with E-state index < -0.39 is 0 Å². The maximum absolute atomic E-state index is 13.0. The van der Waals surface area contributed by atoms with Crippen LogP contribution in [0.1, 0.15) is 59.1 Å². The van der Waals surface area contributed by atoms with Crippen LogP contribution < -0.4 is 14.8 Å². The predicted molar refractivity (Wildman–Crippen MR) is 113 cm³/mol. The highest BCUT2D eigenvalue weighted by Gasteiger charge is 2.28. The summed E-state index contributed by atoms with van der Waals surface area (Å²) in [5, 5.41) is 7.22. The Bertz CT molecular complexity index is 871. The predicted octanol–water partition coefficient (Wildman–Crippen LogP) is 2.87. The molecule has 0 unspecified atom stereocenters. The van der Waals surface area contributed by atoms with E-state index >= 15 is 0 Å². The van der Waals surface area contributed by atoms with Gasteiger partial charge in [-0.25, -0.2) is 0 Å². The molecular weight excluding hydrogens is 384 g/mol. The monoisotopic (exact) mass is 414 g/mol. The molecule has 1 N–H and O–H groups in total. The number of fused-ring (bicyclic) bond motifs is 1. The first-order valence-electron chi connectivity index (χ1n) is 10.4. The van der Waals surface area contributed by atoms with E-state index in [0.29, 0.717) is 49.1 Å². The van der Waals surface area contributed by atoms with Crippen LogP contribution >= 0.6 is 0 Å². The van der Waals surface area contributed by atoms with Gasteiger partial charge in [0.05, 0.1) is 20.8 Å². The molecule has 3 rings (SSSR count). The number of aromatic nitrogens is 2. The summed E-state index contributed by atoms with van der Waals surface area (Å²) in [6, 6.07) is 7.16. The van der Waals surface area contributed by atoms with Gasteiger partial charge in [0.15, 0.2) is 5.69 Å². The van der Waals surface area contributed by atoms with E-state index in [1.807, 2.05) is 12.1 Å². The Kier molecular flexibility index (Phi) is 7.32. The van der Waals surface area contributed by atoms with Crippen LogP contribution in [0.3, 0.4) is 0 Å². The largest absolute Gasteiger partial charge is 0.497 e. The minimum atomic E-state index is -0.231. The van der Waals surface area contributed by atoms with Crippen LogP contribution in [-0.2, 0) is 13.1 Å². The van der Waals surface area contributed by atoms with Crippen LogP contribution in [0.4, 0.5) is 0 Å². The number of carbonyl (C=O) groups is 2. The fraction of sp³-hybridized carbons (Fsp3) is 0.500. The van der Waals surface area contributed by atoms with Gasteiger partial charge in [0.2, 0.25) is 0 Å². The van der Waals surface area contributed by atoms with Crippen LogP contribution in [0.15, 0.2) is 24.3 Å². The van der Waals surface area contributed by atoms with Gasteiger partial charge in [0.25, 0.3) is 11.8 Å².